The Morgan fingerprint density at radius 1 is 0.500 bits per heavy atom. The van der Waals surface area contributed by atoms with Gasteiger partial charge in [0.25, 0.3) is 0 Å². The first-order valence-corrected chi connectivity index (χ1v) is 18.2. The number of hydrogen-bond acceptors (Lipinski definition) is 7. The van der Waals surface area contributed by atoms with Crippen molar-refractivity contribution in [2.75, 3.05) is 11.5 Å². The van der Waals surface area contributed by atoms with Crippen LogP contribution in [0.15, 0.2) is 0 Å². The number of hydrogen-bond donors (Lipinski definition) is 1. The van der Waals surface area contributed by atoms with E-state index in [4.69, 9.17) is 19.1 Å². The van der Waals surface area contributed by atoms with E-state index in [0.29, 0.717) is 0 Å². The smallest absolute Gasteiger partial charge is 0.325 e. The zero-order chi connectivity index (χ0) is 26.5. The highest BCUT2D eigenvalue weighted by Crippen LogP contribution is 2.36. The molecule has 2 unspecified atom stereocenters. The summed E-state index contributed by atoms with van der Waals surface area (Å²) in [6.45, 7) is 8.39. The van der Waals surface area contributed by atoms with Gasteiger partial charge in [0.2, 0.25) is 0 Å². The molecule has 0 aliphatic carbocycles. The van der Waals surface area contributed by atoms with E-state index < -0.39 is 8.60 Å². The van der Waals surface area contributed by atoms with Crippen molar-refractivity contribution in [3.05, 3.63) is 0 Å². The van der Waals surface area contributed by atoms with E-state index in [2.05, 4.69) is 13.8 Å². The van der Waals surface area contributed by atoms with Crippen molar-refractivity contribution in [1.29, 1.82) is 0 Å². The van der Waals surface area contributed by atoms with Crippen LogP contribution in [0.2, 0.25) is 0 Å². The Kier molecular flexibility index (Phi) is 31.3. The van der Waals surface area contributed by atoms with Gasteiger partial charge in [0, 0.05) is 0 Å². The lowest BCUT2D eigenvalue weighted by molar-refractivity contribution is -0.273. The van der Waals surface area contributed by atoms with Crippen molar-refractivity contribution in [2.45, 2.75) is 167 Å². The third-order valence-corrected chi connectivity index (χ3v) is 8.76. The maximum atomic E-state index is 9.82. The standard InChI is InChI=1S/C28H59O5PS2/c1-5-7-9-11-13-15-17-19-21-23-25-35-27(3)30-32-34(29)33-31-28(4)36-26-24-22-20-18-16-14-12-10-8-6-2/h27-29H,5-26H2,1-4H3. The average molecular weight is 571 g/mol. The van der Waals surface area contributed by atoms with Gasteiger partial charge in [-0.2, -0.15) is 0 Å². The molecule has 1 N–H and O–H groups in total. The molecule has 0 amide bonds. The molecule has 0 heterocycles. The van der Waals surface area contributed by atoms with Gasteiger partial charge in [0.15, 0.2) is 0 Å². The van der Waals surface area contributed by atoms with Crippen LogP contribution < -0.4 is 0 Å². The lowest BCUT2D eigenvalue weighted by Crippen LogP contribution is -2.07. The monoisotopic (exact) mass is 570 g/mol. The minimum absolute atomic E-state index is 0.146. The highest BCUT2D eigenvalue weighted by Gasteiger charge is 2.15. The first kappa shape index (κ1) is 36.9. The van der Waals surface area contributed by atoms with Crippen molar-refractivity contribution >= 4 is 32.1 Å². The predicted molar refractivity (Wildman–Crippen MR) is 161 cm³/mol. The van der Waals surface area contributed by atoms with Crippen LogP contribution in [-0.2, 0) is 19.1 Å². The highest BCUT2D eigenvalue weighted by atomic mass is 32.2. The summed E-state index contributed by atoms with van der Waals surface area (Å²) in [7, 11) is -2.19. The second-order valence-electron chi connectivity index (χ2n) is 9.82. The van der Waals surface area contributed by atoms with E-state index in [0.717, 1.165) is 11.5 Å². The van der Waals surface area contributed by atoms with Crippen LogP contribution in [-0.4, -0.2) is 27.3 Å². The summed E-state index contributed by atoms with van der Waals surface area (Å²) < 4.78 is 9.92. The highest BCUT2D eigenvalue weighted by molar-refractivity contribution is 7.99. The van der Waals surface area contributed by atoms with E-state index in [1.54, 1.807) is 23.5 Å². The lowest BCUT2D eigenvalue weighted by Gasteiger charge is -2.15. The second kappa shape index (κ2) is 30.5. The third kappa shape index (κ3) is 29.5. The molecule has 0 aliphatic heterocycles. The Morgan fingerprint density at radius 3 is 1.08 bits per heavy atom. The van der Waals surface area contributed by atoms with E-state index in [1.165, 1.54) is 128 Å². The van der Waals surface area contributed by atoms with Crippen LogP contribution in [0.1, 0.15) is 156 Å². The molecule has 5 nitrogen and oxygen atoms in total. The van der Waals surface area contributed by atoms with Gasteiger partial charge < -0.3 is 4.89 Å². The molecule has 0 bridgehead atoms. The Bertz CT molecular complexity index is 387. The fourth-order valence-corrected chi connectivity index (χ4v) is 6.08. The molecule has 218 valence electrons. The van der Waals surface area contributed by atoms with Crippen molar-refractivity contribution in [3.8, 4) is 0 Å². The molecule has 36 heavy (non-hydrogen) atoms. The molecule has 0 fully saturated rings. The molecule has 0 radical (unpaired) electrons. The van der Waals surface area contributed by atoms with Crippen molar-refractivity contribution < 1.29 is 24.0 Å². The molecular weight excluding hydrogens is 511 g/mol. The fourth-order valence-electron chi connectivity index (χ4n) is 3.94. The Morgan fingerprint density at radius 2 is 0.778 bits per heavy atom. The average Bonchev–Trinajstić information content (AvgIpc) is 2.88. The summed E-state index contributed by atoms with van der Waals surface area (Å²) in [5, 5.41) is 0. The van der Waals surface area contributed by atoms with E-state index in [-0.39, 0.29) is 10.9 Å². The van der Waals surface area contributed by atoms with E-state index in [9.17, 15) is 4.89 Å². The van der Waals surface area contributed by atoms with Crippen molar-refractivity contribution in [2.24, 2.45) is 0 Å². The summed E-state index contributed by atoms with van der Waals surface area (Å²) >= 11 is 3.39. The maximum Gasteiger partial charge on any atom is 0.389 e. The lowest BCUT2D eigenvalue weighted by atomic mass is 10.1. The SMILES string of the molecule is CCCCCCCCCCCCSC(C)OOP(O)OOC(C)SCCCCCCCCCCCC. The van der Waals surface area contributed by atoms with Gasteiger partial charge in [0.05, 0.1) is 0 Å². The quantitative estimate of drug-likeness (QED) is 0.0303. The molecule has 0 saturated heterocycles. The molecular formula is C28H59O5PS2. The van der Waals surface area contributed by atoms with Gasteiger partial charge in [-0.15, -0.1) is 32.9 Å². The first-order valence-electron chi connectivity index (χ1n) is 15.0. The first-order chi connectivity index (χ1) is 17.6. The van der Waals surface area contributed by atoms with Gasteiger partial charge in [-0.3, -0.25) is 0 Å². The molecule has 0 aromatic rings. The van der Waals surface area contributed by atoms with Crippen molar-refractivity contribution in [1.82, 2.24) is 0 Å². The van der Waals surface area contributed by atoms with Crippen molar-refractivity contribution in [3.63, 3.8) is 0 Å². The normalized spacial score (nSPS) is 14.2. The molecule has 0 saturated carbocycles. The number of rotatable bonds is 30. The second-order valence-corrected chi connectivity index (χ2v) is 13.4. The van der Waals surface area contributed by atoms with Crippen LogP contribution in [0, 0.1) is 0 Å². The van der Waals surface area contributed by atoms with Crippen LogP contribution in [0.25, 0.3) is 0 Å². The van der Waals surface area contributed by atoms with Gasteiger partial charge in [-0.05, 0) is 38.2 Å². The molecule has 2 atom stereocenters. The number of unbranched alkanes of at least 4 members (excludes halogenated alkanes) is 18. The fraction of sp³-hybridized carbons (Fsp3) is 1.00. The van der Waals surface area contributed by atoms with Crippen LogP contribution in [0.4, 0.5) is 0 Å². The van der Waals surface area contributed by atoms with Crippen LogP contribution in [0.5, 0.6) is 0 Å². The van der Waals surface area contributed by atoms with Gasteiger partial charge in [-0.1, -0.05) is 129 Å². The Labute approximate surface area is 234 Å². The molecule has 0 aromatic carbocycles. The minimum Gasteiger partial charge on any atom is -0.325 e. The molecule has 0 rings (SSSR count). The zero-order valence-electron chi connectivity index (χ0n) is 24.1. The Hall–Kier alpha value is 0.930. The molecule has 0 aliphatic rings. The summed E-state index contributed by atoms with van der Waals surface area (Å²) in [6, 6.07) is 0. The minimum atomic E-state index is -2.19. The van der Waals surface area contributed by atoms with Crippen LogP contribution >= 0.6 is 32.1 Å². The van der Waals surface area contributed by atoms with Crippen LogP contribution in [0.3, 0.4) is 0 Å². The summed E-state index contributed by atoms with van der Waals surface area (Å²) in [6.07, 6.45) is 26.8. The number of thioether (sulfide) groups is 2. The van der Waals surface area contributed by atoms with E-state index in [1.807, 2.05) is 13.8 Å². The summed E-state index contributed by atoms with van der Waals surface area (Å²) in [5.74, 6) is 2.07. The third-order valence-electron chi connectivity index (χ3n) is 6.19. The van der Waals surface area contributed by atoms with Gasteiger partial charge in [0.1, 0.15) is 10.9 Å². The Balaban J connectivity index is 3.40. The van der Waals surface area contributed by atoms with Gasteiger partial charge in [-0.25, -0.2) is 9.78 Å². The maximum absolute atomic E-state index is 9.82. The predicted octanol–water partition coefficient (Wildman–Crippen LogP) is 11.1. The summed E-state index contributed by atoms with van der Waals surface area (Å²) in [5.41, 5.74) is -0.292. The molecule has 0 aromatic heterocycles. The summed E-state index contributed by atoms with van der Waals surface area (Å²) in [4.78, 5) is 20.3. The van der Waals surface area contributed by atoms with E-state index >= 15 is 0 Å². The zero-order valence-corrected chi connectivity index (χ0v) is 26.6. The largest absolute Gasteiger partial charge is 0.389 e. The molecule has 8 heteroatoms. The molecule has 0 spiro atoms. The topological polar surface area (TPSA) is 57.2 Å². The van der Waals surface area contributed by atoms with Gasteiger partial charge >= 0.3 is 8.60 Å².